The first-order valence-corrected chi connectivity index (χ1v) is 8.60. The molecule has 6 nitrogen and oxygen atoms in total. The predicted octanol–water partition coefficient (Wildman–Crippen LogP) is 2.16. The van der Waals surface area contributed by atoms with Crippen molar-refractivity contribution in [1.29, 1.82) is 0 Å². The topological polar surface area (TPSA) is 72.7 Å². The van der Waals surface area contributed by atoms with E-state index in [1.54, 1.807) is 24.5 Å². The number of carbonyl (C=O) groups is 1. The Morgan fingerprint density at radius 2 is 2.25 bits per heavy atom. The summed E-state index contributed by atoms with van der Waals surface area (Å²) in [6.45, 7) is 1.66. The maximum absolute atomic E-state index is 11.8. The van der Waals surface area contributed by atoms with Gasteiger partial charge in [0.25, 0.3) is 0 Å². The van der Waals surface area contributed by atoms with Gasteiger partial charge in [0.1, 0.15) is 11.6 Å². The molecule has 0 atom stereocenters. The van der Waals surface area contributed by atoms with E-state index in [4.69, 9.17) is 0 Å². The Morgan fingerprint density at radius 1 is 1.29 bits per heavy atom. The molecule has 0 saturated carbocycles. The predicted molar refractivity (Wildman–Crippen MR) is 92.2 cm³/mol. The fourth-order valence-corrected chi connectivity index (χ4v) is 2.89. The van der Waals surface area contributed by atoms with Crippen molar-refractivity contribution < 1.29 is 4.79 Å². The second kappa shape index (κ2) is 8.38. The zero-order valence-electron chi connectivity index (χ0n) is 13.8. The van der Waals surface area contributed by atoms with Crippen molar-refractivity contribution in [2.45, 2.75) is 45.1 Å². The molecule has 3 heterocycles. The van der Waals surface area contributed by atoms with Gasteiger partial charge in [0, 0.05) is 44.4 Å². The third-order valence-corrected chi connectivity index (χ3v) is 4.17. The van der Waals surface area contributed by atoms with E-state index in [1.807, 2.05) is 12.1 Å². The highest BCUT2D eigenvalue weighted by atomic mass is 16.1. The molecule has 0 fully saturated rings. The first-order chi connectivity index (χ1) is 11.8. The summed E-state index contributed by atoms with van der Waals surface area (Å²) in [6.07, 6.45) is 13.2. The monoisotopic (exact) mass is 325 g/mol. The molecular weight excluding hydrogens is 302 g/mol. The highest BCUT2D eigenvalue weighted by molar-refractivity contribution is 5.91. The van der Waals surface area contributed by atoms with Crippen molar-refractivity contribution in [3.63, 3.8) is 0 Å². The number of carbonyl (C=O) groups excluding carboxylic acids is 1. The summed E-state index contributed by atoms with van der Waals surface area (Å²) >= 11 is 0. The average molecular weight is 325 g/mol. The number of pyridine rings is 1. The molecule has 1 N–H and O–H groups in total. The molecule has 1 aliphatic rings. The first-order valence-electron chi connectivity index (χ1n) is 8.60. The molecule has 0 unspecified atom stereocenters. The van der Waals surface area contributed by atoms with Crippen LogP contribution in [0.1, 0.15) is 42.9 Å². The lowest BCUT2D eigenvalue weighted by Gasteiger charge is -2.07. The summed E-state index contributed by atoms with van der Waals surface area (Å²) in [5.41, 5.74) is 0.916. The number of amides is 1. The van der Waals surface area contributed by atoms with Crippen molar-refractivity contribution >= 4 is 12.0 Å². The maximum Gasteiger partial charge on any atom is 0.244 e. The van der Waals surface area contributed by atoms with Gasteiger partial charge in [-0.1, -0.05) is 12.5 Å². The fourth-order valence-electron chi connectivity index (χ4n) is 2.89. The van der Waals surface area contributed by atoms with Gasteiger partial charge >= 0.3 is 0 Å². The number of nitrogens with zero attached hydrogens (tertiary/aromatic N) is 4. The van der Waals surface area contributed by atoms with E-state index >= 15 is 0 Å². The molecule has 0 saturated heterocycles. The fraction of sp³-hybridized carbons (Fsp3) is 0.444. The van der Waals surface area contributed by atoms with E-state index < -0.39 is 0 Å². The van der Waals surface area contributed by atoms with Crippen LogP contribution in [-0.4, -0.2) is 32.2 Å². The molecule has 0 bridgehead atoms. The molecule has 3 rings (SSSR count). The largest absolute Gasteiger partial charge is 0.353 e. The van der Waals surface area contributed by atoms with E-state index in [0.717, 1.165) is 43.0 Å². The molecule has 1 aliphatic heterocycles. The van der Waals surface area contributed by atoms with E-state index in [2.05, 4.69) is 25.1 Å². The third-order valence-electron chi connectivity index (χ3n) is 4.17. The average Bonchev–Trinajstić information content (AvgIpc) is 2.84. The smallest absolute Gasteiger partial charge is 0.244 e. The minimum atomic E-state index is -0.0843. The van der Waals surface area contributed by atoms with Gasteiger partial charge in [0.15, 0.2) is 0 Å². The molecule has 0 radical (unpaired) electrons. The van der Waals surface area contributed by atoms with Crippen molar-refractivity contribution in [2.24, 2.45) is 0 Å². The Bertz CT molecular complexity index is 693. The van der Waals surface area contributed by atoms with Gasteiger partial charge in [-0.15, -0.1) is 10.2 Å². The first kappa shape index (κ1) is 16.4. The second-order valence-corrected chi connectivity index (χ2v) is 6.01. The summed E-state index contributed by atoms with van der Waals surface area (Å²) in [5, 5.41) is 11.5. The number of aryl methyl sites for hydroxylation is 2. The minimum absolute atomic E-state index is 0.0843. The zero-order valence-corrected chi connectivity index (χ0v) is 13.8. The Balaban J connectivity index is 1.42. The Labute approximate surface area is 142 Å². The van der Waals surface area contributed by atoms with Crippen LogP contribution in [0.15, 0.2) is 30.6 Å². The molecule has 2 aromatic rings. The minimum Gasteiger partial charge on any atom is -0.353 e. The SMILES string of the molecule is O=C(/C=C/c1cccnc1)NCCCc1nnc2n1CCCCC2. The van der Waals surface area contributed by atoms with Gasteiger partial charge < -0.3 is 9.88 Å². The molecule has 126 valence electrons. The van der Waals surface area contributed by atoms with Crippen LogP contribution in [0.25, 0.3) is 6.08 Å². The van der Waals surface area contributed by atoms with Crippen LogP contribution < -0.4 is 5.32 Å². The molecule has 0 aromatic carbocycles. The normalized spacial score (nSPS) is 14.3. The molecule has 0 aliphatic carbocycles. The Hall–Kier alpha value is -2.50. The van der Waals surface area contributed by atoms with Crippen LogP contribution in [0.4, 0.5) is 0 Å². The lowest BCUT2D eigenvalue weighted by Crippen LogP contribution is -2.22. The summed E-state index contributed by atoms with van der Waals surface area (Å²) in [4.78, 5) is 15.8. The van der Waals surface area contributed by atoms with Crippen LogP contribution in [-0.2, 0) is 24.2 Å². The standard InChI is InChI=1S/C18H23N5O/c24-18(10-9-15-6-4-11-19-14-15)20-12-5-8-17-22-21-16-7-2-1-3-13-23(16)17/h4,6,9-11,14H,1-3,5,7-8,12-13H2,(H,20,24)/b10-9+. The van der Waals surface area contributed by atoms with Gasteiger partial charge in [-0.2, -0.15) is 0 Å². The molecule has 0 spiro atoms. The van der Waals surface area contributed by atoms with Crippen LogP contribution in [0.3, 0.4) is 0 Å². The Morgan fingerprint density at radius 3 is 3.12 bits per heavy atom. The number of rotatable bonds is 6. The van der Waals surface area contributed by atoms with E-state index in [-0.39, 0.29) is 5.91 Å². The van der Waals surface area contributed by atoms with Crippen LogP contribution in [0.5, 0.6) is 0 Å². The second-order valence-electron chi connectivity index (χ2n) is 6.01. The number of hydrogen-bond donors (Lipinski definition) is 1. The van der Waals surface area contributed by atoms with Crippen molar-refractivity contribution in [3.05, 3.63) is 47.8 Å². The summed E-state index contributed by atoms with van der Waals surface area (Å²) < 4.78 is 2.26. The third kappa shape index (κ3) is 4.50. The van der Waals surface area contributed by atoms with E-state index in [0.29, 0.717) is 6.54 Å². The van der Waals surface area contributed by atoms with Crippen LogP contribution >= 0.6 is 0 Å². The molecule has 2 aromatic heterocycles. The highest BCUT2D eigenvalue weighted by Crippen LogP contribution is 2.15. The van der Waals surface area contributed by atoms with Crippen LogP contribution in [0, 0.1) is 0 Å². The molecular formula is C18H23N5O. The van der Waals surface area contributed by atoms with Gasteiger partial charge in [0.05, 0.1) is 0 Å². The molecule has 6 heteroatoms. The maximum atomic E-state index is 11.8. The quantitative estimate of drug-likeness (QED) is 0.652. The number of hydrogen-bond acceptors (Lipinski definition) is 4. The summed E-state index contributed by atoms with van der Waals surface area (Å²) in [6, 6.07) is 3.76. The zero-order chi connectivity index (χ0) is 16.6. The number of nitrogens with one attached hydrogen (secondary N) is 1. The lowest BCUT2D eigenvalue weighted by molar-refractivity contribution is -0.116. The van der Waals surface area contributed by atoms with Gasteiger partial charge in [-0.25, -0.2) is 0 Å². The van der Waals surface area contributed by atoms with Gasteiger partial charge in [0.2, 0.25) is 5.91 Å². The number of fused-ring (bicyclic) bond motifs is 1. The highest BCUT2D eigenvalue weighted by Gasteiger charge is 2.13. The van der Waals surface area contributed by atoms with E-state index in [1.165, 1.54) is 19.3 Å². The lowest BCUT2D eigenvalue weighted by atomic mass is 10.2. The van der Waals surface area contributed by atoms with Crippen molar-refractivity contribution in [1.82, 2.24) is 25.1 Å². The Kier molecular flexibility index (Phi) is 5.71. The van der Waals surface area contributed by atoms with Crippen molar-refractivity contribution in [2.75, 3.05) is 6.54 Å². The van der Waals surface area contributed by atoms with Gasteiger partial charge in [-0.05, 0) is 37.0 Å². The number of aromatic nitrogens is 4. The van der Waals surface area contributed by atoms with Crippen molar-refractivity contribution in [3.8, 4) is 0 Å². The van der Waals surface area contributed by atoms with E-state index in [9.17, 15) is 4.79 Å². The van der Waals surface area contributed by atoms with Crippen LogP contribution in [0.2, 0.25) is 0 Å². The summed E-state index contributed by atoms with van der Waals surface area (Å²) in [7, 11) is 0. The molecule has 1 amide bonds. The van der Waals surface area contributed by atoms with Gasteiger partial charge in [-0.3, -0.25) is 9.78 Å². The molecule has 24 heavy (non-hydrogen) atoms. The summed E-state index contributed by atoms with van der Waals surface area (Å²) in [5.74, 6) is 2.08.